The van der Waals surface area contributed by atoms with E-state index in [0.29, 0.717) is 6.54 Å². The van der Waals surface area contributed by atoms with Gasteiger partial charge in [-0.25, -0.2) is 0 Å². The van der Waals surface area contributed by atoms with Gasteiger partial charge in [0, 0.05) is 26.2 Å². The molecule has 1 aliphatic rings. The Morgan fingerprint density at radius 2 is 2.08 bits per heavy atom. The number of nitrogens with zero attached hydrogens (tertiary/aromatic N) is 1. The van der Waals surface area contributed by atoms with Crippen LogP contribution >= 0.6 is 0 Å². The first-order valence-electron chi connectivity index (χ1n) is 9.03. The molecule has 1 unspecified atom stereocenters. The molecule has 1 aromatic rings. The van der Waals surface area contributed by atoms with E-state index < -0.39 is 0 Å². The Hall–Kier alpha value is -1.88. The maximum absolute atomic E-state index is 12.5. The second-order valence-corrected chi connectivity index (χ2v) is 6.33. The number of rotatable bonds is 9. The van der Waals surface area contributed by atoms with Gasteiger partial charge in [0.25, 0.3) is 0 Å². The number of unbranched alkanes of at least 4 members (excludes halogenated alkanes) is 1. The zero-order valence-electron chi connectivity index (χ0n) is 14.6. The molecular formula is C19H29N3O2. The summed E-state index contributed by atoms with van der Waals surface area (Å²) in [5.74, 6) is 0.0142. The van der Waals surface area contributed by atoms with Crippen LogP contribution in [0.5, 0.6) is 0 Å². The number of piperazine rings is 1. The quantitative estimate of drug-likeness (QED) is 0.678. The van der Waals surface area contributed by atoms with Gasteiger partial charge >= 0.3 is 0 Å². The summed E-state index contributed by atoms with van der Waals surface area (Å²) in [7, 11) is 0. The number of carbonyl (C=O) groups excluding carboxylic acids is 2. The average Bonchev–Trinajstić information content (AvgIpc) is 2.59. The van der Waals surface area contributed by atoms with Crippen LogP contribution in [-0.4, -0.2) is 48.9 Å². The van der Waals surface area contributed by atoms with Crippen LogP contribution in [-0.2, 0) is 16.0 Å². The second kappa shape index (κ2) is 10.1. The van der Waals surface area contributed by atoms with Gasteiger partial charge in [0.2, 0.25) is 11.8 Å². The third kappa shape index (κ3) is 5.96. The van der Waals surface area contributed by atoms with Crippen LogP contribution in [0.4, 0.5) is 0 Å². The van der Waals surface area contributed by atoms with Gasteiger partial charge in [-0.15, -0.1) is 0 Å². The maximum Gasteiger partial charge on any atom is 0.240 e. The van der Waals surface area contributed by atoms with Gasteiger partial charge in [-0.05, 0) is 24.8 Å². The summed E-state index contributed by atoms with van der Waals surface area (Å²) in [5.41, 5.74) is 1.30. The molecule has 2 amide bonds. The number of benzene rings is 1. The van der Waals surface area contributed by atoms with Crippen molar-refractivity contribution < 1.29 is 9.59 Å². The van der Waals surface area contributed by atoms with Gasteiger partial charge in [0.05, 0.1) is 12.5 Å². The van der Waals surface area contributed by atoms with Crippen LogP contribution in [0.3, 0.4) is 0 Å². The van der Waals surface area contributed by atoms with Crippen molar-refractivity contribution in [3.05, 3.63) is 35.9 Å². The number of carbonyl (C=O) groups is 2. The van der Waals surface area contributed by atoms with E-state index in [1.54, 1.807) is 0 Å². The molecule has 132 valence electrons. The first-order valence-corrected chi connectivity index (χ1v) is 9.03. The van der Waals surface area contributed by atoms with Crippen molar-refractivity contribution in [3.63, 3.8) is 0 Å². The number of hydrogen-bond donors (Lipinski definition) is 2. The van der Waals surface area contributed by atoms with Crippen LogP contribution in [0, 0.1) is 0 Å². The molecule has 0 aromatic heterocycles. The fourth-order valence-electron chi connectivity index (χ4n) is 2.95. The first kappa shape index (κ1) is 18.5. The summed E-state index contributed by atoms with van der Waals surface area (Å²) in [6, 6.07) is 9.94. The molecule has 1 fully saturated rings. The van der Waals surface area contributed by atoms with Crippen molar-refractivity contribution in [2.45, 2.75) is 45.1 Å². The van der Waals surface area contributed by atoms with E-state index in [1.807, 2.05) is 23.1 Å². The molecule has 2 N–H and O–H groups in total. The molecule has 5 nitrogen and oxygen atoms in total. The maximum atomic E-state index is 12.5. The molecule has 1 aromatic carbocycles. The minimum atomic E-state index is -0.378. The predicted octanol–water partition coefficient (Wildman–Crippen LogP) is 1.73. The minimum absolute atomic E-state index is 0.0413. The SMILES string of the molecule is CCCCNC(=O)CC1NCCN(CCCc2ccccc2)C1=O. The zero-order valence-corrected chi connectivity index (χ0v) is 14.6. The third-order valence-corrected chi connectivity index (χ3v) is 4.36. The van der Waals surface area contributed by atoms with Crippen molar-refractivity contribution in [2.24, 2.45) is 0 Å². The smallest absolute Gasteiger partial charge is 0.240 e. The summed E-state index contributed by atoms with van der Waals surface area (Å²) in [4.78, 5) is 26.3. The summed E-state index contributed by atoms with van der Waals surface area (Å²) in [6.07, 6.45) is 4.18. The molecule has 0 saturated carbocycles. The van der Waals surface area contributed by atoms with E-state index in [0.717, 1.165) is 45.3 Å². The molecule has 1 atom stereocenters. The second-order valence-electron chi connectivity index (χ2n) is 6.33. The van der Waals surface area contributed by atoms with Gasteiger partial charge in [-0.2, -0.15) is 0 Å². The predicted molar refractivity (Wildman–Crippen MR) is 95.7 cm³/mol. The molecule has 0 spiro atoms. The van der Waals surface area contributed by atoms with E-state index in [-0.39, 0.29) is 24.3 Å². The van der Waals surface area contributed by atoms with Crippen LogP contribution in [0.2, 0.25) is 0 Å². The van der Waals surface area contributed by atoms with Gasteiger partial charge in [-0.1, -0.05) is 43.7 Å². The number of amides is 2. The Morgan fingerprint density at radius 1 is 1.29 bits per heavy atom. The van der Waals surface area contributed by atoms with Crippen molar-refractivity contribution in [1.29, 1.82) is 0 Å². The topological polar surface area (TPSA) is 61.4 Å². The Labute approximate surface area is 144 Å². The van der Waals surface area contributed by atoms with Crippen LogP contribution < -0.4 is 10.6 Å². The number of nitrogens with one attached hydrogen (secondary N) is 2. The number of aryl methyl sites for hydroxylation is 1. The molecule has 1 saturated heterocycles. The lowest BCUT2D eigenvalue weighted by molar-refractivity contribution is -0.138. The lowest BCUT2D eigenvalue weighted by Gasteiger charge is -2.33. The molecule has 1 heterocycles. The van der Waals surface area contributed by atoms with Gasteiger partial charge in [0.1, 0.15) is 0 Å². The lowest BCUT2D eigenvalue weighted by atomic mass is 10.1. The van der Waals surface area contributed by atoms with E-state index in [4.69, 9.17) is 0 Å². The molecule has 24 heavy (non-hydrogen) atoms. The van der Waals surface area contributed by atoms with Crippen molar-refractivity contribution >= 4 is 11.8 Å². The molecule has 0 bridgehead atoms. The van der Waals surface area contributed by atoms with Crippen LogP contribution in [0.25, 0.3) is 0 Å². The molecule has 0 aliphatic carbocycles. The van der Waals surface area contributed by atoms with Crippen molar-refractivity contribution in [1.82, 2.24) is 15.5 Å². The Balaban J connectivity index is 1.74. The van der Waals surface area contributed by atoms with Crippen molar-refractivity contribution in [2.75, 3.05) is 26.2 Å². The molecule has 1 aliphatic heterocycles. The first-order chi connectivity index (χ1) is 11.7. The van der Waals surface area contributed by atoms with Crippen LogP contribution in [0.1, 0.15) is 38.2 Å². The summed E-state index contributed by atoms with van der Waals surface area (Å²) < 4.78 is 0. The molecule has 2 rings (SSSR count). The Kier molecular flexibility index (Phi) is 7.75. The standard InChI is InChI=1S/C19H29N3O2/c1-2-3-11-21-18(23)15-17-19(24)22(14-12-20-17)13-7-10-16-8-5-4-6-9-16/h4-6,8-9,17,20H,2-3,7,10-15H2,1H3,(H,21,23). The molecular weight excluding hydrogens is 302 g/mol. The fourth-order valence-corrected chi connectivity index (χ4v) is 2.95. The molecule has 5 heteroatoms. The van der Waals surface area contributed by atoms with E-state index in [9.17, 15) is 9.59 Å². The normalized spacial score (nSPS) is 17.8. The Bertz CT molecular complexity index is 519. The highest BCUT2D eigenvalue weighted by molar-refractivity contribution is 5.88. The average molecular weight is 331 g/mol. The van der Waals surface area contributed by atoms with E-state index in [1.165, 1.54) is 5.56 Å². The van der Waals surface area contributed by atoms with Crippen molar-refractivity contribution in [3.8, 4) is 0 Å². The summed E-state index contributed by atoms with van der Waals surface area (Å²) >= 11 is 0. The Morgan fingerprint density at radius 3 is 2.83 bits per heavy atom. The van der Waals surface area contributed by atoms with Gasteiger partial charge in [0.15, 0.2) is 0 Å². The summed E-state index contributed by atoms with van der Waals surface area (Å²) in [5, 5.41) is 6.06. The number of hydrogen-bond acceptors (Lipinski definition) is 3. The summed E-state index contributed by atoms with van der Waals surface area (Å²) in [6.45, 7) is 5.01. The van der Waals surface area contributed by atoms with E-state index in [2.05, 4.69) is 29.7 Å². The van der Waals surface area contributed by atoms with Gasteiger partial charge in [-0.3, -0.25) is 9.59 Å². The third-order valence-electron chi connectivity index (χ3n) is 4.36. The van der Waals surface area contributed by atoms with E-state index >= 15 is 0 Å². The largest absolute Gasteiger partial charge is 0.356 e. The van der Waals surface area contributed by atoms with Gasteiger partial charge < -0.3 is 15.5 Å². The monoisotopic (exact) mass is 331 g/mol. The highest BCUT2D eigenvalue weighted by Gasteiger charge is 2.29. The zero-order chi connectivity index (χ0) is 17.2. The van der Waals surface area contributed by atoms with Crippen LogP contribution in [0.15, 0.2) is 30.3 Å². The minimum Gasteiger partial charge on any atom is -0.356 e. The highest BCUT2D eigenvalue weighted by Crippen LogP contribution is 2.08. The lowest BCUT2D eigenvalue weighted by Crippen LogP contribution is -2.56. The highest BCUT2D eigenvalue weighted by atomic mass is 16.2. The fraction of sp³-hybridized carbons (Fsp3) is 0.579. The molecule has 0 radical (unpaired) electrons.